The summed E-state index contributed by atoms with van der Waals surface area (Å²) in [6.45, 7) is 10.3. The van der Waals surface area contributed by atoms with Crippen molar-refractivity contribution < 1.29 is 24.2 Å². The van der Waals surface area contributed by atoms with Gasteiger partial charge in [-0.1, -0.05) is 45.0 Å². The molecule has 0 spiro atoms. The van der Waals surface area contributed by atoms with E-state index in [1.165, 1.54) is 0 Å². The summed E-state index contributed by atoms with van der Waals surface area (Å²) in [5, 5.41) is 11.2. The van der Waals surface area contributed by atoms with Crippen molar-refractivity contribution in [2.24, 2.45) is 0 Å². The summed E-state index contributed by atoms with van der Waals surface area (Å²) in [4.78, 5) is 30.3. The molecule has 1 atom stereocenters. The van der Waals surface area contributed by atoms with Gasteiger partial charge in [0.2, 0.25) is 0 Å². The molecular formula is C28H34N2O5. The largest absolute Gasteiger partial charge is 0.507 e. The molecule has 7 nitrogen and oxygen atoms in total. The number of methoxy groups -OCH3 is 1. The van der Waals surface area contributed by atoms with Crippen LogP contribution in [0.1, 0.15) is 43.5 Å². The molecule has 2 aliphatic rings. The van der Waals surface area contributed by atoms with Crippen LogP contribution in [0.25, 0.3) is 5.76 Å². The van der Waals surface area contributed by atoms with Crippen LogP contribution < -0.4 is 4.74 Å². The van der Waals surface area contributed by atoms with Crippen molar-refractivity contribution in [1.82, 2.24) is 9.80 Å². The summed E-state index contributed by atoms with van der Waals surface area (Å²) in [7, 11) is 1.57. The topological polar surface area (TPSA) is 79.3 Å². The van der Waals surface area contributed by atoms with E-state index < -0.39 is 17.7 Å². The first kappa shape index (κ1) is 24.9. The maximum Gasteiger partial charge on any atom is 0.295 e. The fourth-order valence-corrected chi connectivity index (χ4v) is 4.60. The molecule has 2 saturated heterocycles. The van der Waals surface area contributed by atoms with Crippen molar-refractivity contribution in [2.75, 3.05) is 46.5 Å². The molecule has 0 radical (unpaired) electrons. The number of benzene rings is 2. The minimum absolute atomic E-state index is 0.0280. The van der Waals surface area contributed by atoms with Crippen LogP contribution >= 0.6 is 0 Å². The molecule has 186 valence electrons. The van der Waals surface area contributed by atoms with Crippen molar-refractivity contribution >= 4 is 17.4 Å². The summed E-state index contributed by atoms with van der Waals surface area (Å²) in [5.74, 6) is -0.782. The van der Waals surface area contributed by atoms with Gasteiger partial charge < -0.3 is 19.5 Å². The smallest absolute Gasteiger partial charge is 0.295 e. The minimum Gasteiger partial charge on any atom is -0.507 e. The Kier molecular flexibility index (Phi) is 7.28. The molecule has 2 aromatic carbocycles. The standard InChI is InChI=1S/C28H34N2O5/c1-28(2,3)21-9-5-19(6-10-21)24-23(25(31)20-7-11-22(34-4)12-8-20)26(32)27(33)30(24)14-13-29-15-17-35-18-16-29/h5-12,24,31H,13-18H2,1-4H3/b25-23-. The van der Waals surface area contributed by atoms with E-state index in [4.69, 9.17) is 9.47 Å². The zero-order chi connectivity index (χ0) is 25.2. The predicted octanol–water partition coefficient (Wildman–Crippen LogP) is 3.75. The highest BCUT2D eigenvalue weighted by atomic mass is 16.5. The van der Waals surface area contributed by atoms with E-state index in [0.717, 1.165) is 24.2 Å². The molecule has 1 unspecified atom stereocenters. The number of hydrogen-bond donors (Lipinski definition) is 1. The van der Waals surface area contributed by atoms with E-state index in [9.17, 15) is 14.7 Å². The van der Waals surface area contributed by atoms with Crippen molar-refractivity contribution in [3.05, 3.63) is 70.8 Å². The van der Waals surface area contributed by atoms with E-state index >= 15 is 0 Å². The Morgan fingerprint density at radius 1 is 1.00 bits per heavy atom. The normalized spacial score (nSPS) is 20.9. The molecule has 0 aliphatic carbocycles. The Morgan fingerprint density at radius 3 is 2.20 bits per heavy atom. The van der Waals surface area contributed by atoms with Gasteiger partial charge in [0.1, 0.15) is 11.5 Å². The molecule has 2 heterocycles. The molecule has 2 fully saturated rings. The number of morpholine rings is 1. The van der Waals surface area contributed by atoms with E-state index in [1.54, 1.807) is 36.3 Å². The third-order valence-corrected chi connectivity index (χ3v) is 6.76. The number of Topliss-reactive ketones (excluding diaryl/α,β-unsaturated/α-hetero) is 1. The van der Waals surface area contributed by atoms with Gasteiger partial charge in [-0.25, -0.2) is 0 Å². The number of likely N-dealkylation sites (tertiary alicyclic amines) is 1. The lowest BCUT2D eigenvalue weighted by Gasteiger charge is -2.31. The van der Waals surface area contributed by atoms with Crippen molar-refractivity contribution in [2.45, 2.75) is 32.2 Å². The second kappa shape index (κ2) is 10.2. The molecule has 35 heavy (non-hydrogen) atoms. The molecule has 2 aliphatic heterocycles. The second-order valence-corrected chi connectivity index (χ2v) is 10.0. The van der Waals surface area contributed by atoms with Crippen LogP contribution in [-0.2, 0) is 19.7 Å². The highest BCUT2D eigenvalue weighted by molar-refractivity contribution is 6.46. The summed E-state index contributed by atoms with van der Waals surface area (Å²) in [5.41, 5.74) is 2.51. The molecule has 0 saturated carbocycles. The molecular weight excluding hydrogens is 444 g/mol. The van der Waals surface area contributed by atoms with Crippen LogP contribution in [0, 0.1) is 0 Å². The highest BCUT2D eigenvalue weighted by Gasteiger charge is 2.46. The molecule has 1 amide bonds. The molecule has 7 heteroatoms. The van der Waals surface area contributed by atoms with Crippen LogP contribution in [-0.4, -0.2) is 73.1 Å². The van der Waals surface area contributed by atoms with E-state index in [2.05, 4.69) is 25.7 Å². The van der Waals surface area contributed by atoms with Crippen molar-refractivity contribution in [1.29, 1.82) is 0 Å². The average molecular weight is 479 g/mol. The highest BCUT2D eigenvalue weighted by Crippen LogP contribution is 2.40. The number of carbonyl (C=O) groups is 2. The number of ketones is 1. The quantitative estimate of drug-likeness (QED) is 0.387. The van der Waals surface area contributed by atoms with E-state index in [1.807, 2.05) is 24.3 Å². The second-order valence-electron chi connectivity index (χ2n) is 10.0. The maximum atomic E-state index is 13.2. The van der Waals surface area contributed by atoms with Crippen LogP contribution in [0.2, 0.25) is 0 Å². The summed E-state index contributed by atoms with van der Waals surface area (Å²) < 4.78 is 10.6. The Bertz CT molecular complexity index is 1090. The van der Waals surface area contributed by atoms with Gasteiger partial charge in [-0.15, -0.1) is 0 Å². The van der Waals surface area contributed by atoms with Gasteiger partial charge >= 0.3 is 0 Å². The third kappa shape index (κ3) is 5.26. The van der Waals surface area contributed by atoms with Crippen LogP contribution in [0.3, 0.4) is 0 Å². The third-order valence-electron chi connectivity index (χ3n) is 6.76. The number of carbonyl (C=O) groups excluding carboxylic acids is 2. The Labute approximate surface area is 206 Å². The predicted molar refractivity (Wildman–Crippen MR) is 134 cm³/mol. The summed E-state index contributed by atoms with van der Waals surface area (Å²) >= 11 is 0. The Balaban J connectivity index is 1.74. The molecule has 0 bridgehead atoms. The molecule has 2 aromatic rings. The van der Waals surface area contributed by atoms with Crippen molar-refractivity contribution in [3.63, 3.8) is 0 Å². The lowest BCUT2D eigenvalue weighted by Crippen LogP contribution is -2.42. The number of nitrogens with zero attached hydrogens (tertiary/aromatic N) is 2. The minimum atomic E-state index is -0.662. The van der Waals surface area contributed by atoms with E-state index in [0.29, 0.717) is 37.6 Å². The fraction of sp³-hybridized carbons (Fsp3) is 0.429. The fourth-order valence-electron chi connectivity index (χ4n) is 4.60. The number of hydrogen-bond acceptors (Lipinski definition) is 6. The first-order valence-electron chi connectivity index (χ1n) is 12.0. The number of aliphatic hydroxyl groups excluding tert-OH is 1. The van der Waals surface area contributed by atoms with Crippen LogP contribution in [0.15, 0.2) is 54.1 Å². The lowest BCUT2D eigenvalue weighted by atomic mass is 9.85. The van der Waals surface area contributed by atoms with Gasteiger partial charge in [0, 0.05) is 31.7 Å². The van der Waals surface area contributed by atoms with Gasteiger partial charge in [0.05, 0.1) is 31.9 Å². The summed E-state index contributed by atoms with van der Waals surface area (Å²) in [6.07, 6.45) is 0. The lowest BCUT2D eigenvalue weighted by molar-refractivity contribution is -0.140. The number of rotatable bonds is 6. The van der Waals surface area contributed by atoms with Gasteiger partial charge in [-0.3, -0.25) is 14.5 Å². The Hall–Kier alpha value is -3.16. The number of aliphatic hydroxyl groups is 1. The van der Waals surface area contributed by atoms with E-state index in [-0.39, 0.29) is 16.7 Å². The van der Waals surface area contributed by atoms with Gasteiger partial charge in [0.15, 0.2) is 0 Å². The van der Waals surface area contributed by atoms with Crippen LogP contribution in [0.5, 0.6) is 5.75 Å². The average Bonchev–Trinajstić information content (AvgIpc) is 3.12. The van der Waals surface area contributed by atoms with Crippen molar-refractivity contribution in [3.8, 4) is 5.75 Å². The van der Waals surface area contributed by atoms with Gasteiger partial charge in [-0.05, 0) is 40.8 Å². The SMILES string of the molecule is COc1ccc(/C(O)=C2/C(=O)C(=O)N(CCN3CCOCC3)C2c2ccc(C(C)(C)C)cc2)cc1. The number of ether oxygens (including phenoxy) is 2. The first-order chi connectivity index (χ1) is 16.7. The molecule has 1 N–H and O–H groups in total. The molecule has 0 aromatic heterocycles. The zero-order valence-corrected chi connectivity index (χ0v) is 20.9. The first-order valence-corrected chi connectivity index (χ1v) is 12.0. The summed E-state index contributed by atoms with van der Waals surface area (Å²) in [6, 6.07) is 14.1. The molecule has 4 rings (SSSR count). The zero-order valence-electron chi connectivity index (χ0n) is 20.9. The Morgan fingerprint density at radius 2 is 1.63 bits per heavy atom. The monoisotopic (exact) mass is 478 g/mol. The van der Waals surface area contributed by atoms with Gasteiger partial charge in [0.25, 0.3) is 11.7 Å². The van der Waals surface area contributed by atoms with Crippen LogP contribution in [0.4, 0.5) is 0 Å². The maximum absolute atomic E-state index is 13.2. The van der Waals surface area contributed by atoms with Gasteiger partial charge in [-0.2, -0.15) is 0 Å². The number of amides is 1.